The van der Waals surface area contributed by atoms with E-state index in [4.69, 9.17) is 0 Å². The van der Waals surface area contributed by atoms with Crippen molar-refractivity contribution in [3.8, 4) is 17.2 Å². The molecule has 0 aliphatic carbocycles. The van der Waals surface area contributed by atoms with Crippen LogP contribution in [0.1, 0.15) is 25.3 Å². The lowest BCUT2D eigenvalue weighted by Gasteiger charge is -2.04. The summed E-state index contributed by atoms with van der Waals surface area (Å²) in [5.41, 5.74) is 2.43. The molecule has 0 aliphatic heterocycles. The van der Waals surface area contributed by atoms with Crippen LogP contribution in [0.4, 0.5) is 5.82 Å². The summed E-state index contributed by atoms with van der Waals surface area (Å²) < 4.78 is 1.38. The van der Waals surface area contributed by atoms with Crippen molar-refractivity contribution in [1.82, 2.24) is 29.6 Å². The van der Waals surface area contributed by atoms with Gasteiger partial charge in [-0.05, 0) is 27.7 Å². The summed E-state index contributed by atoms with van der Waals surface area (Å²) in [6.07, 6.45) is 1.58. The monoisotopic (exact) mass is 349 g/mol. The Bertz CT molecular complexity index is 1100. The Morgan fingerprint density at radius 3 is 2.58 bits per heavy atom. The minimum atomic E-state index is -0.504. The lowest BCUT2D eigenvalue weighted by atomic mass is 10.0. The first-order chi connectivity index (χ1) is 12.5. The van der Waals surface area contributed by atoms with Gasteiger partial charge in [-0.25, -0.2) is 0 Å². The van der Waals surface area contributed by atoms with Gasteiger partial charge in [0.2, 0.25) is 11.5 Å². The Kier molecular flexibility index (Phi) is 3.68. The number of imidazole rings is 1. The fraction of sp³-hybridized carbons (Fsp3) is 0.176. The molecule has 0 N–H and O–H groups in total. The van der Waals surface area contributed by atoms with Gasteiger partial charge in [0.25, 0.3) is 5.82 Å². The first-order valence-electron chi connectivity index (χ1n) is 8.07. The summed E-state index contributed by atoms with van der Waals surface area (Å²) in [6.45, 7) is 4.23. The molecule has 0 radical (unpaired) electrons. The van der Waals surface area contributed by atoms with Crippen LogP contribution in [0.2, 0.25) is 0 Å². The molecule has 130 valence electrons. The van der Waals surface area contributed by atoms with E-state index in [1.807, 2.05) is 24.3 Å². The first-order valence-corrected chi connectivity index (χ1v) is 8.07. The molecule has 4 rings (SSSR count). The van der Waals surface area contributed by atoms with Crippen LogP contribution in [0.15, 0.2) is 48.7 Å². The van der Waals surface area contributed by atoms with Crippen molar-refractivity contribution in [3.63, 3.8) is 0 Å². The highest BCUT2D eigenvalue weighted by Gasteiger charge is 2.26. The van der Waals surface area contributed by atoms with Gasteiger partial charge in [0.05, 0.1) is 6.20 Å². The van der Waals surface area contributed by atoms with Gasteiger partial charge >= 0.3 is 5.82 Å². The third-order valence-corrected chi connectivity index (χ3v) is 4.10. The number of fused-ring (bicyclic) bond motifs is 1. The highest BCUT2D eigenvalue weighted by atomic mass is 16.6. The molecule has 0 aliphatic rings. The second-order valence-corrected chi connectivity index (χ2v) is 6.12. The standard InChI is InChI=1S/C17H15N7O2/c1-11(2)12-6-8-13(9-7-12)15-19-21-23(20-15)16-17(24(25)26)22-10-4-3-5-14(22)18-16/h3-11H,1-2H3. The average molecular weight is 349 g/mol. The van der Waals surface area contributed by atoms with Crippen LogP contribution in [0, 0.1) is 10.1 Å². The maximum atomic E-state index is 11.5. The summed E-state index contributed by atoms with van der Waals surface area (Å²) in [6, 6.07) is 13.0. The summed E-state index contributed by atoms with van der Waals surface area (Å²) >= 11 is 0. The number of hydrogen-bond donors (Lipinski definition) is 0. The molecule has 0 saturated heterocycles. The van der Waals surface area contributed by atoms with Crippen LogP contribution in [0.3, 0.4) is 0 Å². The molecule has 0 atom stereocenters. The average Bonchev–Trinajstić information content (AvgIpc) is 3.26. The van der Waals surface area contributed by atoms with Crippen LogP contribution < -0.4 is 0 Å². The van der Waals surface area contributed by atoms with Gasteiger partial charge in [-0.3, -0.25) is 0 Å². The van der Waals surface area contributed by atoms with Gasteiger partial charge in [0.1, 0.15) is 0 Å². The Labute approximate surface area is 148 Å². The van der Waals surface area contributed by atoms with Crippen molar-refractivity contribution >= 4 is 11.5 Å². The highest BCUT2D eigenvalue weighted by Crippen LogP contribution is 2.24. The maximum Gasteiger partial charge on any atom is 0.376 e. The summed E-state index contributed by atoms with van der Waals surface area (Å²) in [5, 5.41) is 23.8. The molecule has 1 aromatic carbocycles. The van der Waals surface area contributed by atoms with Gasteiger partial charge in [-0.2, -0.15) is 9.38 Å². The summed E-state index contributed by atoms with van der Waals surface area (Å²) in [5.74, 6) is 0.624. The molecular formula is C17H15N7O2. The number of rotatable bonds is 4. The first kappa shape index (κ1) is 15.9. The van der Waals surface area contributed by atoms with E-state index in [9.17, 15) is 10.1 Å². The molecule has 0 amide bonds. The molecule has 3 heterocycles. The van der Waals surface area contributed by atoms with Crippen LogP contribution in [-0.2, 0) is 0 Å². The van der Waals surface area contributed by atoms with Crippen molar-refractivity contribution < 1.29 is 4.92 Å². The van der Waals surface area contributed by atoms with Crippen molar-refractivity contribution in [2.45, 2.75) is 19.8 Å². The fourth-order valence-electron chi connectivity index (χ4n) is 2.71. The van der Waals surface area contributed by atoms with E-state index in [0.29, 0.717) is 17.4 Å². The Balaban J connectivity index is 1.78. The van der Waals surface area contributed by atoms with Crippen LogP contribution >= 0.6 is 0 Å². The van der Waals surface area contributed by atoms with Crippen molar-refractivity contribution in [2.24, 2.45) is 0 Å². The van der Waals surface area contributed by atoms with E-state index in [0.717, 1.165) is 10.4 Å². The second kappa shape index (κ2) is 6.03. The minimum Gasteiger partial charge on any atom is -0.358 e. The molecule has 9 nitrogen and oxygen atoms in total. The lowest BCUT2D eigenvalue weighted by Crippen LogP contribution is -2.04. The van der Waals surface area contributed by atoms with Gasteiger partial charge in [0, 0.05) is 11.6 Å². The van der Waals surface area contributed by atoms with E-state index in [-0.39, 0.29) is 11.6 Å². The lowest BCUT2D eigenvalue weighted by molar-refractivity contribution is -0.390. The Hall–Kier alpha value is -3.62. The normalized spacial score (nSPS) is 11.3. The molecule has 26 heavy (non-hydrogen) atoms. The van der Waals surface area contributed by atoms with Gasteiger partial charge in [0.15, 0.2) is 0 Å². The van der Waals surface area contributed by atoms with Crippen LogP contribution in [-0.4, -0.2) is 34.5 Å². The molecule has 0 unspecified atom stereocenters. The van der Waals surface area contributed by atoms with Gasteiger partial charge < -0.3 is 10.1 Å². The topological polar surface area (TPSA) is 104 Å². The number of nitrogens with zero attached hydrogens (tertiary/aromatic N) is 7. The van der Waals surface area contributed by atoms with Crippen LogP contribution in [0.5, 0.6) is 0 Å². The number of tetrazole rings is 1. The second-order valence-electron chi connectivity index (χ2n) is 6.12. The molecule has 0 bridgehead atoms. The van der Waals surface area contributed by atoms with E-state index < -0.39 is 4.92 Å². The summed E-state index contributed by atoms with van der Waals surface area (Å²) in [4.78, 5) is 16.4. The zero-order valence-electron chi connectivity index (χ0n) is 14.1. The molecule has 0 spiro atoms. The highest BCUT2D eigenvalue weighted by molar-refractivity contribution is 5.57. The molecule has 0 fully saturated rings. The number of benzene rings is 1. The zero-order valence-corrected chi connectivity index (χ0v) is 14.1. The largest absolute Gasteiger partial charge is 0.376 e. The quantitative estimate of drug-likeness (QED) is 0.414. The summed E-state index contributed by atoms with van der Waals surface area (Å²) in [7, 11) is 0. The van der Waals surface area contributed by atoms with E-state index in [2.05, 4.69) is 34.2 Å². The van der Waals surface area contributed by atoms with Crippen molar-refractivity contribution in [1.29, 1.82) is 0 Å². The van der Waals surface area contributed by atoms with Gasteiger partial charge in [-0.1, -0.05) is 44.2 Å². The van der Waals surface area contributed by atoms with Crippen LogP contribution in [0.25, 0.3) is 22.9 Å². The Morgan fingerprint density at radius 2 is 1.88 bits per heavy atom. The molecular weight excluding hydrogens is 334 g/mol. The SMILES string of the molecule is CC(C)c1ccc(-c2nnn(-c3nc4ccccn4c3[N+](=O)[O-])n2)cc1. The zero-order chi connectivity index (χ0) is 18.3. The predicted molar refractivity (Wildman–Crippen MR) is 94.1 cm³/mol. The van der Waals surface area contributed by atoms with Gasteiger partial charge in [-0.15, -0.1) is 15.0 Å². The number of pyridine rings is 1. The Morgan fingerprint density at radius 1 is 1.12 bits per heavy atom. The minimum absolute atomic E-state index is 0.0266. The van der Waals surface area contributed by atoms with Crippen molar-refractivity contribution in [3.05, 3.63) is 64.3 Å². The fourth-order valence-corrected chi connectivity index (χ4v) is 2.71. The van der Waals surface area contributed by atoms with E-state index in [1.165, 1.54) is 9.96 Å². The molecule has 9 heteroatoms. The smallest absolute Gasteiger partial charge is 0.358 e. The molecule has 0 saturated carbocycles. The van der Waals surface area contributed by atoms with Crippen molar-refractivity contribution in [2.75, 3.05) is 0 Å². The molecule has 3 aromatic heterocycles. The third-order valence-electron chi connectivity index (χ3n) is 4.10. The number of hydrogen-bond acceptors (Lipinski definition) is 6. The molecule has 4 aromatic rings. The van der Waals surface area contributed by atoms with E-state index >= 15 is 0 Å². The third kappa shape index (κ3) is 2.59. The predicted octanol–water partition coefficient (Wildman–Crippen LogP) is 3.01. The number of nitro groups is 1. The maximum absolute atomic E-state index is 11.5. The number of aromatic nitrogens is 6. The van der Waals surface area contributed by atoms with E-state index in [1.54, 1.807) is 24.4 Å².